The maximum atomic E-state index is 10.8. The summed E-state index contributed by atoms with van der Waals surface area (Å²) in [5.41, 5.74) is 0.343. The zero-order chi connectivity index (χ0) is 11.1. The van der Waals surface area contributed by atoms with Crippen molar-refractivity contribution in [1.82, 2.24) is 0 Å². The van der Waals surface area contributed by atoms with E-state index < -0.39 is 21.8 Å². The Morgan fingerprint density at radius 2 is 2.53 bits per heavy atom. The van der Waals surface area contributed by atoms with Gasteiger partial charge in [-0.25, -0.2) is 4.79 Å². The van der Waals surface area contributed by atoms with Gasteiger partial charge in [0.1, 0.15) is 0 Å². The van der Waals surface area contributed by atoms with Gasteiger partial charge < -0.3 is 14.6 Å². The minimum absolute atomic E-state index is 0.343. The summed E-state index contributed by atoms with van der Waals surface area (Å²) in [6.45, 7) is 4.10. The molecule has 0 amide bonds. The molecule has 1 aliphatic heterocycles. The van der Waals surface area contributed by atoms with Gasteiger partial charge in [0, 0.05) is 24.5 Å². The molecule has 2 unspecified atom stereocenters. The summed E-state index contributed by atoms with van der Waals surface area (Å²) in [5.74, 6) is -0.568. The maximum absolute atomic E-state index is 10.8. The molecule has 15 heavy (non-hydrogen) atoms. The lowest BCUT2D eigenvalue weighted by atomic mass is 10.2. The molecule has 0 spiro atoms. The van der Waals surface area contributed by atoms with Crippen molar-refractivity contribution >= 4 is 15.5 Å². The fourth-order valence-electron chi connectivity index (χ4n) is 1.60. The molecule has 4 nitrogen and oxygen atoms in total. The van der Waals surface area contributed by atoms with E-state index in [9.17, 15) is 9.90 Å². The molecule has 1 aliphatic rings. The number of hydrogen-bond donors (Lipinski definition) is 1. The van der Waals surface area contributed by atoms with Crippen LogP contribution in [0.3, 0.4) is 0 Å². The number of ether oxygens (including phenoxy) is 2. The van der Waals surface area contributed by atoms with Gasteiger partial charge in [0.2, 0.25) is 0 Å². The molecule has 1 rings (SSSR count). The number of hydrogen-bond acceptors (Lipinski definition) is 4. The van der Waals surface area contributed by atoms with E-state index in [0.717, 1.165) is 25.5 Å². The van der Waals surface area contributed by atoms with Crippen molar-refractivity contribution in [3.63, 3.8) is 0 Å². The summed E-state index contributed by atoms with van der Waals surface area (Å²) in [6.07, 6.45) is 3.52. The van der Waals surface area contributed by atoms with Gasteiger partial charge in [0.05, 0.1) is 9.52 Å². The number of carbonyl (C=O) groups is 1. The van der Waals surface area contributed by atoms with Crippen LogP contribution < -0.4 is 0 Å². The Kier molecular flexibility index (Phi) is 5.60. The average molecular weight is 230 g/mol. The molecule has 1 fully saturated rings. The highest BCUT2D eigenvalue weighted by Gasteiger charge is 2.17. The molecule has 86 valence electrons. The van der Waals surface area contributed by atoms with Gasteiger partial charge in [-0.2, -0.15) is 0 Å². The molecule has 0 aliphatic carbocycles. The maximum Gasteiger partial charge on any atom is 0.332 e. The van der Waals surface area contributed by atoms with E-state index >= 15 is 0 Å². The monoisotopic (exact) mass is 230 g/mol. The van der Waals surface area contributed by atoms with Gasteiger partial charge in [-0.15, -0.1) is 0 Å². The SMILES string of the molecule is C=CC(=O)OC(O)C[SiH2]C1CCCCO1. The molecule has 1 saturated heterocycles. The third kappa shape index (κ3) is 5.11. The second-order valence-corrected chi connectivity index (χ2v) is 5.73. The van der Waals surface area contributed by atoms with Crippen LogP contribution in [0.15, 0.2) is 12.7 Å². The first-order valence-electron chi connectivity index (χ1n) is 5.35. The topological polar surface area (TPSA) is 55.8 Å². The minimum atomic E-state index is -0.979. The summed E-state index contributed by atoms with van der Waals surface area (Å²) in [7, 11) is -0.516. The predicted octanol–water partition coefficient (Wildman–Crippen LogP) is 0.148. The predicted molar refractivity (Wildman–Crippen MR) is 59.2 cm³/mol. The van der Waals surface area contributed by atoms with Crippen molar-refractivity contribution in [2.45, 2.75) is 37.3 Å². The van der Waals surface area contributed by atoms with Gasteiger partial charge >= 0.3 is 5.97 Å². The molecule has 5 heteroatoms. The third-order valence-electron chi connectivity index (χ3n) is 2.43. The molecule has 0 bridgehead atoms. The van der Waals surface area contributed by atoms with E-state index in [-0.39, 0.29) is 0 Å². The van der Waals surface area contributed by atoms with E-state index in [1.165, 1.54) is 6.42 Å². The van der Waals surface area contributed by atoms with E-state index in [1.807, 2.05) is 0 Å². The van der Waals surface area contributed by atoms with Crippen LogP contribution in [-0.2, 0) is 14.3 Å². The van der Waals surface area contributed by atoms with Crippen molar-refractivity contribution in [3.8, 4) is 0 Å². The molecule has 0 aromatic heterocycles. The number of carbonyl (C=O) groups excluding carboxylic acids is 1. The van der Waals surface area contributed by atoms with E-state index in [2.05, 4.69) is 11.3 Å². The zero-order valence-electron chi connectivity index (χ0n) is 8.85. The van der Waals surface area contributed by atoms with Gasteiger partial charge in [0.25, 0.3) is 0 Å². The van der Waals surface area contributed by atoms with Gasteiger partial charge in [-0.3, -0.25) is 0 Å². The van der Waals surface area contributed by atoms with Crippen LogP contribution >= 0.6 is 0 Å². The number of aliphatic hydroxyl groups is 1. The normalized spacial score (nSPS) is 23.9. The summed E-state index contributed by atoms with van der Waals surface area (Å²) >= 11 is 0. The standard InChI is InChI=1S/C10H18O4Si/c1-2-8(11)14-9(12)7-15-10-5-3-4-6-13-10/h2,9-10,12H,1,3-7,15H2. The molecule has 2 atom stereocenters. The van der Waals surface area contributed by atoms with Crippen molar-refractivity contribution in [1.29, 1.82) is 0 Å². The number of rotatable bonds is 5. The summed E-state index contributed by atoms with van der Waals surface area (Å²) in [4.78, 5) is 10.8. The fourth-order valence-corrected chi connectivity index (χ4v) is 3.29. The lowest BCUT2D eigenvalue weighted by Gasteiger charge is -2.22. The van der Waals surface area contributed by atoms with Crippen LogP contribution in [0, 0.1) is 0 Å². The Labute approximate surface area is 92.1 Å². The summed E-state index contributed by atoms with van der Waals surface area (Å²) in [5, 5.41) is 9.37. The van der Waals surface area contributed by atoms with Crippen LogP contribution in [0.4, 0.5) is 0 Å². The highest BCUT2D eigenvalue weighted by atomic mass is 28.2. The first-order valence-corrected chi connectivity index (χ1v) is 7.16. The Hall–Kier alpha value is -0.653. The first-order chi connectivity index (χ1) is 7.22. The summed E-state index contributed by atoms with van der Waals surface area (Å²) in [6, 6.07) is 0.560. The Morgan fingerprint density at radius 1 is 1.73 bits per heavy atom. The highest BCUT2D eigenvalue weighted by Crippen LogP contribution is 2.13. The largest absolute Gasteiger partial charge is 0.433 e. The lowest BCUT2D eigenvalue weighted by molar-refractivity contribution is -0.158. The molecule has 0 aromatic rings. The second kappa shape index (κ2) is 6.76. The van der Waals surface area contributed by atoms with E-state index in [1.54, 1.807) is 0 Å². The highest BCUT2D eigenvalue weighted by molar-refractivity contribution is 6.37. The molecule has 1 N–H and O–H groups in total. The Morgan fingerprint density at radius 3 is 3.13 bits per heavy atom. The van der Waals surface area contributed by atoms with Crippen molar-refractivity contribution < 1.29 is 19.4 Å². The van der Waals surface area contributed by atoms with E-state index in [0.29, 0.717) is 11.8 Å². The minimum Gasteiger partial charge on any atom is -0.433 e. The number of aliphatic hydroxyl groups excluding tert-OH is 1. The van der Waals surface area contributed by atoms with Crippen LogP contribution in [0.2, 0.25) is 6.04 Å². The molecule has 0 aromatic carbocycles. The molecule has 0 saturated carbocycles. The van der Waals surface area contributed by atoms with Crippen LogP contribution in [0.1, 0.15) is 19.3 Å². The zero-order valence-corrected chi connectivity index (χ0v) is 10.3. The fraction of sp³-hybridized carbons (Fsp3) is 0.700. The molecular formula is C10H18O4Si. The average Bonchev–Trinajstić information content (AvgIpc) is 2.27. The smallest absolute Gasteiger partial charge is 0.332 e. The first kappa shape index (κ1) is 12.4. The number of esters is 1. The Bertz CT molecular complexity index is 213. The van der Waals surface area contributed by atoms with Crippen LogP contribution in [0.5, 0.6) is 0 Å². The van der Waals surface area contributed by atoms with Gasteiger partial charge in [-0.1, -0.05) is 6.58 Å². The van der Waals surface area contributed by atoms with Crippen LogP contribution in [-0.4, -0.2) is 39.2 Å². The molecular weight excluding hydrogens is 212 g/mol. The lowest BCUT2D eigenvalue weighted by Crippen LogP contribution is -2.29. The summed E-state index contributed by atoms with van der Waals surface area (Å²) < 4.78 is 10.2. The van der Waals surface area contributed by atoms with E-state index in [4.69, 9.17) is 4.74 Å². The quantitative estimate of drug-likeness (QED) is 0.316. The molecule has 0 radical (unpaired) electrons. The van der Waals surface area contributed by atoms with Crippen molar-refractivity contribution in [2.75, 3.05) is 6.61 Å². The second-order valence-electron chi connectivity index (χ2n) is 3.66. The van der Waals surface area contributed by atoms with Crippen LogP contribution in [0.25, 0.3) is 0 Å². The van der Waals surface area contributed by atoms with Gasteiger partial charge in [0.15, 0.2) is 6.29 Å². The molecule has 1 heterocycles. The van der Waals surface area contributed by atoms with Crippen molar-refractivity contribution in [3.05, 3.63) is 12.7 Å². The van der Waals surface area contributed by atoms with Gasteiger partial charge in [-0.05, 0) is 19.3 Å². The van der Waals surface area contributed by atoms with Crippen molar-refractivity contribution in [2.24, 2.45) is 0 Å². The third-order valence-corrected chi connectivity index (χ3v) is 4.54. The Balaban J connectivity index is 2.12.